The van der Waals surface area contributed by atoms with Gasteiger partial charge in [-0.15, -0.1) is 11.8 Å². The van der Waals surface area contributed by atoms with Gasteiger partial charge >= 0.3 is 5.97 Å². The summed E-state index contributed by atoms with van der Waals surface area (Å²) in [7, 11) is 0. The lowest BCUT2D eigenvalue weighted by Crippen LogP contribution is -2.20. The Balaban J connectivity index is 3.80. The minimum Gasteiger partial charge on any atom is -0.465 e. The number of hydrogen-bond donors (Lipinski definition) is 0. The average molecular weight is 250 g/mol. The van der Waals surface area contributed by atoms with E-state index in [0.717, 1.165) is 25.0 Å². The molecule has 0 aliphatic heterocycles. The highest BCUT2D eigenvalue weighted by Crippen LogP contribution is 2.20. The maximum atomic E-state index is 12.6. The van der Waals surface area contributed by atoms with Crippen molar-refractivity contribution in [2.24, 2.45) is 0 Å². The van der Waals surface area contributed by atoms with Crippen LogP contribution in [-0.4, -0.2) is 29.8 Å². The number of carbonyl (C=O) groups excluding carboxylic acids is 1. The molecule has 4 heteroatoms. The van der Waals surface area contributed by atoms with E-state index in [1.807, 2.05) is 6.92 Å². The number of thioether (sulfide) groups is 1. The summed E-state index contributed by atoms with van der Waals surface area (Å²) < 4.78 is 17.6. The first-order valence-electron chi connectivity index (χ1n) is 6.04. The van der Waals surface area contributed by atoms with Crippen molar-refractivity contribution in [2.75, 3.05) is 12.4 Å². The van der Waals surface area contributed by atoms with Crippen molar-refractivity contribution in [3.63, 3.8) is 0 Å². The molecule has 0 heterocycles. The van der Waals surface area contributed by atoms with Crippen LogP contribution in [0.5, 0.6) is 0 Å². The third kappa shape index (κ3) is 7.97. The van der Waals surface area contributed by atoms with Gasteiger partial charge in [0.05, 0.1) is 12.8 Å². The molecule has 2 atom stereocenters. The summed E-state index contributed by atoms with van der Waals surface area (Å²) in [6, 6.07) is 0. The number of esters is 1. The van der Waals surface area contributed by atoms with Crippen LogP contribution >= 0.6 is 11.8 Å². The molecule has 0 amide bonds. The van der Waals surface area contributed by atoms with Gasteiger partial charge < -0.3 is 4.74 Å². The molecule has 96 valence electrons. The molecule has 0 N–H and O–H groups in total. The van der Waals surface area contributed by atoms with Crippen LogP contribution in [0.1, 0.15) is 46.5 Å². The Kier molecular flexibility index (Phi) is 9.78. The fourth-order valence-corrected chi connectivity index (χ4v) is 2.58. The molecular formula is C12H23FO2S. The lowest BCUT2D eigenvalue weighted by atomic mass is 10.2. The van der Waals surface area contributed by atoms with E-state index in [9.17, 15) is 9.18 Å². The molecular weight excluding hydrogens is 227 g/mol. The zero-order chi connectivity index (χ0) is 12.4. The van der Waals surface area contributed by atoms with Gasteiger partial charge in [-0.25, -0.2) is 4.39 Å². The maximum Gasteiger partial charge on any atom is 0.319 e. The number of hydrogen-bond acceptors (Lipinski definition) is 3. The van der Waals surface area contributed by atoms with Crippen molar-refractivity contribution in [3.05, 3.63) is 0 Å². The van der Waals surface area contributed by atoms with Crippen LogP contribution in [0.3, 0.4) is 0 Å². The number of ether oxygens (including phenoxy) is 1. The zero-order valence-corrected chi connectivity index (χ0v) is 11.3. The molecule has 0 aliphatic carbocycles. The van der Waals surface area contributed by atoms with Crippen molar-refractivity contribution in [1.82, 2.24) is 0 Å². The standard InChI is InChI=1S/C12H23FO2S/c1-4-7-11(12(14)15-5-2)16-9-6-8-10(3)13/h10-11H,4-9H2,1-3H3. The summed E-state index contributed by atoms with van der Waals surface area (Å²) in [5.74, 6) is 0.709. The lowest BCUT2D eigenvalue weighted by molar-refractivity contribution is -0.142. The molecule has 0 bridgehead atoms. The summed E-state index contributed by atoms with van der Waals surface area (Å²) in [6.45, 7) is 5.87. The van der Waals surface area contributed by atoms with Crippen LogP contribution in [0, 0.1) is 0 Å². The van der Waals surface area contributed by atoms with Gasteiger partial charge in [-0.2, -0.15) is 0 Å². The average Bonchev–Trinajstić information content (AvgIpc) is 2.22. The van der Waals surface area contributed by atoms with Gasteiger partial charge in [-0.1, -0.05) is 13.3 Å². The predicted octanol–water partition coefficient (Wildman–Crippen LogP) is 3.59. The summed E-state index contributed by atoms with van der Waals surface area (Å²) in [5.41, 5.74) is 0. The highest BCUT2D eigenvalue weighted by Gasteiger charge is 2.18. The molecule has 16 heavy (non-hydrogen) atoms. The number of carbonyl (C=O) groups is 1. The molecule has 0 aromatic heterocycles. The van der Waals surface area contributed by atoms with E-state index >= 15 is 0 Å². The Labute approximate surface area is 102 Å². The quantitative estimate of drug-likeness (QED) is 0.462. The molecule has 0 saturated heterocycles. The second-order valence-electron chi connectivity index (χ2n) is 3.82. The van der Waals surface area contributed by atoms with Gasteiger partial charge in [0.2, 0.25) is 0 Å². The topological polar surface area (TPSA) is 26.3 Å². The Bertz CT molecular complexity index is 186. The van der Waals surface area contributed by atoms with Gasteiger partial charge in [-0.3, -0.25) is 4.79 Å². The third-order valence-corrected chi connectivity index (χ3v) is 3.52. The fourth-order valence-electron chi connectivity index (χ4n) is 1.36. The van der Waals surface area contributed by atoms with E-state index in [1.165, 1.54) is 0 Å². The first kappa shape index (κ1) is 15.8. The SMILES string of the molecule is CCCC(SCCCC(C)F)C(=O)OCC. The van der Waals surface area contributed by atoms with Crippen LogP contribution in [-0.2, 0) is 9.53 Å². The van der Waals surface area contributed by atoms with Crippen LogP contribution in [0.15, 0.2) is 0 Å². The monoisotopic (exact) mass is 250 g/mol. The van der Waals surface area contributed by atoms with Crippen LogP contribution in [0.25, 0.3) is 0 Å². The van der Waals surface area contributed by atoms with Crippen molar-refractivity contribution in [3.8, 4) is 0 Å². The van der Waals surface area contributed by atoms with Crippen molar-refractivity contribution in [1.29, 1.82) is 0 Å². The maximum absolute atomic E-state index is 12.6. The normalized spacial score (nSPS) is 14.5. The van der Waals surface area contributed by atoms with Crippen molar-refractivity contribution in [2.45, 2.75) is 57.9 Å². The van der Waals surface area contributed by atoms with E-state index in [1.54, 1.807) is 18.7 Å². The highest BCUT2D eigenvalue weighted by molar-refractivity contribution is 8.00. The van der Waals surface area contributed by atoms with E-state index < -0.39 is 6.17 Å². The smallest absolute Gasteiger partial charge is 0.319 e. The molecule has 0 radical (unpaired) electrons. The van der Waals surface area contributed by atoms with Gasteiger partial charge in [0.15, 0.2) is 0 Å². The first-order valence-corrected chi connectivity index (χ1v) is 7.09. The van der Waals surface area contributed by atoms with E-state index in [4.69, 9.17) is 4.74 Å². The second-order valence-corrected chi connectivity index (χ2v) is 5.13. The minimum absolute atomic E-state index is 0.0696. The summed E-state index contributed by atoms with van der Waals surface area (Å²) in [5, 5.41) is -0.0696. The predicted molar refractivity (Wildman–Crippen MR) is 67.6 cm³/mol. The Hall–Kier alpha value is -0.250. The Morgan fingerprint density at radius 3 is 2.56 bits per heavy atom. The molecule has 0 aromatic carbocycles. The van der Waals surface area contributed by atoms with Crippen LogP contribution in [0.4, 0.5) is 4.39 Å². The van der Waals surface area contributed by atoms with E-state index in [2.05, 4.69) is 6.92 Å². The van der Waals surface area contributed by atoms with Crippen LogP contribution < -0.4 is 0 Å². The minimum atomic E-state index is -0.743. The van der Waals surface area contributed by atoms with Gasteiger partial charge in [0, 0.05) is 0 Å². The Morgan fingerprint density at radius 2 is 2.06 bits per heavy atom. The number of alkyl halides is 1. The van der Waals surface area contributed by atoms with Crippen molar-refractivity contribution >= 4 is 17.7 Å². The molecule has 2 nitrogen and oxygen atoms in total. The van der Waals surface area contributed by atoms with Crippen molar-refractivity contribution < 1.29 is 13.9 Å². The summed E-state index contributed by atoms with van der Waals surface area (Å²) in [4.78, 5) is 11.5. The van der Waals surface area contributed by atoms with E-state index in [0.29, 0.717) is 13.0 Å². The molecule has 0 rings (SSSR count). The summed E-state index contributed by atoms with van der Waals surface area (Å²) in [6.07, 6.45) is 2.47. The molecule has 0 spiro atoms. The first-order chi connectivity index (χ1) is 7.61. The second kappa shape index (κ2) is 9.94. The van der Waals surface area contributed by atoms with E-state index in [-0.39, 0.29) is 11.2 Å². The molecule has 0 aromatic rings. The largest absolute Gasteiger partial charge is 0.465 e. The van der Waals surface area contributed by atoms with Crippen LogP contribution in [0.2, 0.25) is 0 Å². The molecule has 0 aliphatic rings. The van der Waals surface area contributed by atoms with Gasteiger partial charge in [0.1, 0.15) is 5.25 Å². The zero-order valence-electron chi connectivity index (χ0n) is 10.5. The third-order valence-electron chi connectivity index (χ3n) is 2.17. The van der Waals surface area contributed by atoms with Gasteiger partial charge in [-0.05, 0) is 38.9 Å². The Morgan fingerprint density at radius 1 is 1.38 bits per heavy atom. The van der Waals surface area contributed by atoms with Gasteiger partial charge in [0.25, 0.3) is 0 Å². The molecule has 0 fully saturated rings. The number of halogens is 1. The summed E-state index contributed by atoms with van der Waals surface area (Å²) >= 11 is 1.59. The molecule has 2 unspecified atom stereocenters. The number of rotatable bonds is 9. The highest BCUT2D eigenvalue weighted by atomic mass is 32.2. The lowest BCUT2D eigenvalue weighted by Gasteiger charge is -2.14. The molecule has 0 saturated carbocycles. The fraction of sp³-hybridized carbons (Fsp3) is 0.917.